The number of pyridine rings is 1. The smallest absolute Gasteiger partial charge is 0.262 e. The number of nitrogens with one attached hydrogen (secondary N) is 2. The topological polar surface area (TPSA) is 69.7 Å². The van der Waals surface area contributed by atoms with Gasteiger partial charge in [-0.3, -0.25) is 4.79 Å². The highest BCUT2D eigenvalue weighted by Gasteiger charge is 2.18. The summed E-state index contributed by atoms with van der Waals surface area (Å²) in [7, 11) is 0. The van der Waals surface area contributed by atoms with E-state index >= 15 is 0 Å². The molecule has 0 aliphatic carbocycles. The molecule has 0 bridgehead atoms. The minimum Gasteiger partial charge on any atom is -0.482 e. The van der Waals surface area contributed by atoms with Crippen molar-refractivity contribution in [1.29, 1.82) is 0 Å². The van der Waals surface area contributed by atoms with Crippen LogP contribution in [0.2, 0.25) is 0 Å². The molecule has 1 saturated heterocycles. The molecule has 1 atom stereocenters. The van der Waals surface area contributed by atoms with Gasteiger partial charge < -0.3 is 25.2 Å². The Hall–Kier alpha value is -2.64. The van der Waals surface area contributed by atoms with E-state index in [-0.39, 0.29) is 18.6 Å². The van der Waals surface area contributed by atoms with Crippen LogP contribution in [-0.4, -0.2) is 55.1 Å². The molecule has 3 heterocycles. The predicted octanol–water partition coefficient (Wildman–Crippen LogP) is 2.41. The quantitative estimate of drug-likeness (QED) is 0.783. The molecule has 29 heavy (non-hydrogen) atoms. The van der Waals surface area contributed by atoms with Crippen LogP contribution in [0, 0.1) is 0 Å². The highest BCUT2D eigenvalue weighted by Crippen LogP contribution is 2.30. The molecule has 0 spiro atoms. The number of amides is 1. The van der Waals surface area contributed by atoms with E-state index in [2.05, 4.69) is 51.4 Å². The zero-order valence-electron chi connectivity index (χ0n) is 17.1. The number of fused-ring (bicyclic) bond motifs is 1. The first-order valence-electron chi connectivity index (χ1n) is 10.3. The van der Waals surface area contributed by atoms with E-state index in [1.54, 1.807) is 0 Å². The number of rotatable bonds is 6. The van der Waals surface area contributed by atoms with Gasteiger partial charge in [0.25, 0.3) is 5.91 Å². The predicted molar refractivity (Wildman–Crippen MR) is 114 cm³/mol. The molecule has 0 radical (unpaired) electrons. The first-order chi connectivity index (χ1) is 14.1. The van der Waals surface area contributed by atoms with Crippen molar-refractivity contribution >= 4 is 17.4 Å². The maximum Gasteiger partial charge on any atom is 0.262 e. The normalized spacial score (nSPS) is 18.0. The van der Waals surface area contributed by atoms with Gasteiger partial charge in [0, 0.05) is 45.0 Å². The van der Waals surface area contributed by atoms with Crippen molar-refractivity contribution in [2.24, 2.45) is 0 Å². The maximum absolute atomic E-state index is 11.4. The number of benzene rings is 1. The van der Waals surface area contributed by atoms with E-state index < -0.39 is 0 Å². The molecule has 1 aromatic heterocycles. The Labute approximate surface area is 172 Å². The van der Waals surface area contributed by atoms with Gasteiger partial charge in [0.1, 0.15) is 11.6 Å². The molecule has 1 aromatic carbocycles. The molecule has 1 amide bonds. The second kappa shape index (κ2) is 8.80. The molecule has 2 aliphatic heterocycles. The van der Waals surface area contributed by atoms with Crippen molar-refractivity contribution in [2.45, 2.75) is 26.4 Å². The number of nitrogens with zero attached hydrogens (tertiary/aromatic N) is 3. The first kappa shape index (κ1) is 19.7. The highest BCUT2D eigenvalue weighted by atomic mass is 16.5. The van der Waals surface area contributed by atoms with Crippen LogP contribution in [0.3, 0.4) is 0 Å². The van der Waals surface area contributed by atoms with E-state index in [1.807, 2.05) is 24.4 Å². The van der Waals surface area contributed by atoms with Gasteiger partial charge in [-0.15, -0.1) is 0 Å². The van der Waals surface area contributed by atoms with Crippen molar-refractivity contribution in [2.75, 3.05) is 49.5 Å². The summed E-state index contributed by atoms with van der Waals surface area (Å²) >= 11 is 0. The van der Waals surface area contributed by atoms with E-state index in [1.165, 1.54) is 5.56 Å². The van der Waals surface area contributed by atoms with Crippen LogP contribution in [0.1, 0.15) is 31.0 Å². The van der Waals surface area contributed by atoms with Crippen LogP contribution >= 0.6 is 0 Å². The van der Waals surface area contributed by atoms with Crippen LogP contribution in [0.4, 0.5) is 11.5 Å². The summed E-state index contributed by atoms with van der Waals surface area (Å²) in [5, 5.41) is 6.41. The second-order valence-corrected chi connectivity index (χ2v) is 7.64. The molecular formula is C22H29N5O2. The lowest BCUT2D eigenvalue weighted by atomic mass is 10.1. The van der Waals surface area contributed by atoms with Crippen LogP contribution in [0.25, 0.3) is 0 Å². The van der Waals surface area contributed by atoms with Crippen molar-refractivity contribution in [1.82, 2.24) is 15.2 Å². The molecule has 2 N–H and O–H groups in total. The van der Waals surface area contributed by atoms with Crippen LogP contribution < -0.4 is 20.3 Å². The van der Waals surface area contributed by atoms with E-state index in [0.29, 0.717) is 0 Å². The number of aromatic nitrogens is 1. The standard InChI is InChI=1S/C22H29N5O2/c1-3-26-8-10-27(11-9-26)21-12-17(6-7-23-21)14-24-16(2)18-4-5-19-20(13-18)29-15-22(28)25-19/h4-7,12-13,16,24H,3,8-11,14-15H2,1-2H3,(H,25,28). The van der Waals surface area contributed by atoms with Crippen molar-refractivity contribution in [3.8, 4) is 5.75 Å². The van der Waals surface area contributed by atoms with E-state index in [0.717, 1.165) is 62.1 Å². The lowest BCUT2D eigenvalue weighted by Crippen LogP contribution is -2.46. The molecule has 4 rings (SSSR count). The van der Waals surface area contributed by atoms with Gasteiger partial charge in [0.05, 0.1) is 5.69 Å². The van der Waals surface area contributed by atoms with E-state index in [9.17, 15) is 4.79 Å². The Bertz CT molecular complexity index is 864. The van der Waals surface area contributed by atoms with Gasteiger partial charge in [-0.25, -0.2) is 4.98 Å². The number of piperazine rings is 1. The van der Waals surface area contributed by atoms with Crippen LogP contribution in [0.15, 0.2) is 36.5 Å². The highest BCUT2D eigenvalue weighted by molar-refractivity contribution is 5.95. The Morgan fingerprint density at radius 1 is 1.21 bits per heavy atom. The van der Waals surface area contributed by atoms with Crippen molar-refractivity contribution in [3.05, 3.63) is 47.7 Å². The third kappa shape index (κ3) is 4.68. The number of hydrogen-bond acceptors (Lipinski definition) is 6. The second-order valence-electron chi connectivity index (χ2n) is 7.64. The lowest BCUT2D eigenvalue weighted by Gasteiger charge is -2.34. The van der Waals surface area contributed by atoms with Crippen LogP contribution in [-0.2, 0) is 11.3 Å². The molecule has 2 aliphatic rings. The molecule has 7 heteroatoms. The first-order valence-corrected chi connectivity index (χ1v) is 10.3. The van der Waals surface area contributed by atoms with Gasteiger partial charge in [0.2, 0.25) is 0 Å². The minimum atomic E-state index is -0.110. The van der Waals surface area contributed by atoms with Gasteiger partial charge in [-0.1, -0.05) is 13.0 Å². The average Bonchev–Trinajstić information content (AvgIpc) is 2.77. The fourth-order valence-electron chi connectivity index (χ4n) is 3.79. The number of hydrogen-bond donors (Lipinski definition) is 2. The molecular weight excluding hydrogens is 366 g/mol. The molecule has 2 aromatic rings. The summed E-state index contributed by atoms with van der Waals surface area (Å²) in [5.41, 5.74) is 3.09. The fraction of sp³-hybridized carbons (Fsp3) is 0.455. The van der Waals surface area contributed by atoms with Gasteiger partial charge in [-0.05, 0) is 48.9 Å². The largest absolute Gasteiger partial charge is 0.482 e. The fourth-order valence-corrected chi connectivity index (χ4v) is 3.79. The van der Waals surface area contributed by atoms with Gasteiger partial charge in [-0.2, -0.15) is 0 Å². The zero-order chi connectivity index (χ0) is 20.2. The number of carbonyl (C=O) groups excluding carboxylic acids is 1. The van der Waals surface area contributed by atoms with Gasteiger partial charge >= 0.3 is 0 Å². The van der Waals surface area contributed by atoms with Crippen LogP contribution in [0.5, 0.6) is 5.75 Å². The number of carbonyl (C=O) groups is 1. The number of ether oxygens (including phenoxy) is 1. The molecule has 0 saturated carbocycles. The van der Waals surface area contributed by atoms with E-state index in [4.69, 9.17) is 4.74 Å². The third-order valence-corrected chi connectivity index (χ3v) is 5.70. The summed E-state index contributed by atoms with van der Waals surface area (Å²) in [6.07, 6.45) is 1.90. The Morgan fingerprint density at radius 2 is 2.03 bits per heavy atom. The third-order valence-electron chi connectivity index (χ3n) is 5.70. The minimum absolute atomic E-state index is 0.0740. The molecule has 7 nitrogen and oxygen atoms in total. The monoisotopic (exact) mass is 395 g/mol. The Morgan fingerprint density at radius 3 is 2.83 bits per heavy atom. The zero-order valence-corrected chi connectivity index (χ0v) is 17.1. The number of likely N-dealkylation sites (N-methyl/N-ethyl adjacent to an activating group) is 1. The summed E-state index contributed by atoms with van der Waals surface area (Å²) in [6, 6.07) is 10.3. The lowest BCUT2D eigenvalue weighted by molar-refractivity contribution is -0.118. The van der Waals surface area contributed by atoms with Crippen molar-refractivity contribution in [3.63, 3.8) is 0 Å². The maximum atomic E-state index is 11.4. The Kier molecular flexibility index (Phi) is 5.97. The summed E-state index contributed by atoms with van der Waals surface area (Å²) in [6.45, 7) is 10.5. The SMILES string of the molecule is CCN1CCN(c2cc(CNC(C)c3ccc4c(c3)OCC(=O)N4)ccn2)CC1. The molecule has 1 unspecified atom stereocenters. The Balaban J connectivity index is 1.36. The summed E-state index contributed by atoms with van der Waals surface area (Å²) < 4.78 is 5.53. The average molecular weight is 396 g/mol. The summed E-state index contributed by atoms with van der Waals surface area (Å²) in [4.78, 5) is 20.8. The molecule has 1 fully saturated rings. The molecule has 154 valence electrons. The van der Waals surface area contributed by atoms with Gasteiger partial charge in [0.15, 0.2) is 6.61 Å². The summed E-state index contributed by atoms with van der Waals surface area (Å²) in [5.74, 6) is 1.68. The number of anilines is 2. The van der Waals surface area contributed by atoms with Crippen molar-refractivity contribution < 1.29 is 9.53 Å².